The topological polar surface area (TPSA) is 48.1 Å². The summed E-state index contributed by atoms with van der Waals surface area (Å²) in [6.45, 7) is 0. The molecule has 3 rings (SSSR count). The Bertz CT molecular complexity index is 667. The van der Waals surface area contributed by atoms with Gasteiger partial charge in [-0.05, 0) is 83.2 Å². The maximum absolute atomic E-state index is 6.05. The monoisotopic (exact) mass is 430 g/mol. The van der Waals surface area contributed by atoms with E-state index in [4.69, 9.17) is 36.0 Å². The first-order valence-electron chi connectivity index (χ1n) is 7.28. The van der Waals surface area contributed by atoms with Crippen molar-refractivity contribution in [2.24, 2.45) is 11.8 Å². The fraction of sp³-hybridized carbons (Fsp3) is 0.333. The van der Waals surface area contributed by atoms with Crippen LogP contribution in [0.25, 0.3) is 0 Å². The average molecular weight is 432 g/mol. The van der Waals surface area contributed by atoms with Crippen molar-refractivity contribution < 1.29 is 0 Å². The summed E-state index contributed by atoms with van der Waals surface area (Å²) in [5.41, 5.74) is 6.59. The number of benzene rings is 1. The predicted octanol–water partition coefficient (Wildman–Crippen LogP) is 3.73. The van der Waals surface area contributed by atoms with E-state index >= 15 is 0 Å². The van der Waals surface area contributed by atoms with Crippen LogP contribution >= 0.6 is 52.0 Å². The SMILES string of the molecule is S=C(NNC(=S)NC1CC2C=CC1C2)Nc1ccc(Br)c(Cl)c1. The minimum Gasteiger partial charge on any atom is -0.358 e. The summed E-state index contributed by atoms with van der Waals surface area (Å²) in [6, 6.07) is 5.94. The lowest BCUT2D eigenvalue weighted by Crippen LogP contribution is -2.51. The van der Waals surface area contributed by atoms with Gasteiger partial charge in [0, 0.05) is 16.2 Å². The molecule has 3 atom stereocenters. The minimum absolute atomic E-state index is 0.415. The molecule has 1 fully saturated rings. The zero-order chi connectivity index (χ0) is 16.4. The molecule has 8 heteroatoms. The molecule has 2 aliphatic carbocycles. The molecular weight excluding hydrogens is 416 g/mol. The Morgan fingerprint density at radius 2 is 1.91 bits per heavy atom. The third-order valence-corrected chi connectivity index (χ3v) is 5.72. The van der Waals surface area contributed by atoms with Gasteiger partial charge in [0.25, 0.3) is 0 Å². The largest absolute Gasteiger partial charge is 0.358 e. The van der Waals surface area contributed by atoms with Crippen LogP contribution in [0, 0.1) is 11.8 Å². The number of hydrogen-bond acceptors (Lipinski definition) is 2. The van der Waals surface area contributed by atoms with Crippen LogP contribution in [-0.2, 0) is 0 Å². The van der Waals surface area contributed by atoms with Gasteiger partial charge in [-0.15, -0.1) is 0 Å². The molecule has 2 aliphatic rings. The van der Waals surface area contributed by atoms with E-state index in [9.17, 15) is 0 Å². The van der Waals surface area contributed by atoms with Crippen LogP contribution in [0.1, 0.15) is 12.8 Å². The Hall–Kier alpha value is -0.890. The van der Waals surface area contributed by atoms with Gasteiger partial charge in [-0.2, -0.15) is 0 Å². The molecule has 4 N–H and O–H groups in total. The standard InChI is InChI=1S/C15H16BrClN4S2/c16-11-4-3-10(7-12(11)17)18-14(22)20-21-15(23)19-13-6-8-1-2-9(13)5-8/h1-4,7-9,13H,5-6H2,(H2,18,20,22)(H2,19,21,23). The number of fused-ring (bicyclic) bond motifs is 2. The van der Waals surface area contributed by atoms with Gasteiger partial charge in [0.1, 0.15) is 0 Å². The van der Waals surface area contributed by atoms with Crippen molar-refractivity contribution in [3.8, 4) is 0 Å². The van der Waals surface area contributed by atoms with Gasteiger partial charge in [-0.25, -0.2) is 0 Å². The Morgan fingerprint density at radius 3 is 2.57 bits per heavy atom. The van der Waals surface area contributed by atoms with Crippen molar-refractivity contribution in [1.29, 1.82) is 0 Å². The second-order valence-electron chi connectivity index (χ2n) is 5.69. The highest BCUT2D eigenvalue weighted by atomic mass is 79.9. The number of halogens is 2. The van der Waals surface area contributed by atoms with Gasteiger partial charge in [-0.1, -0.05) is 23.8 Å². The number of thiocarbonyl (C=S) groups is 2. The highest BCUT2D eigenvalue weighted by Crippen LogP contribution is 2.38. The van der Waals surface area contributed by atoms with E-state index in [2.05, 4.69) is 49.6 Å². The molecule has 1 saturated carbocycles. The fourth-order valence-electron chi connectivity index (χ4n) is 3.00. The van der Waals surface area contributed by atoms with E-state index in [1.54, 1.807) is 6.07 Å². The Labute approximate surface area is 159 Å². The third kappa shape index (κ3) is 4.35. The molecular formula is C15H16BrClN4S2. The van der Waals surface area contributed by atoms with Crippen LogP contribution in [0.3, 0.4) is 0 Å². The van der Waals surface area contributed by atoms with Crippen LogP contribution in [0.4, 0.5) is 5.69 Å². The molecule has 3 unspecified atom stereocenters. The van der Waals surface area contributed by atoms with E-state index in [0.29, 0.717) is 33.1 Å². The summed E-state index contributed by atoms with van der Waals surface area (Å²) in [5.74, 6) is 1.30. The molecule has 1 aromatic rings. The van der Waals surface area contributed by atoms with Crippen LogP contribution in [0.5, 0.6) is 0 Å². The first-order valence-corrected chi connectivity index (χ1v) is 9.27. The summed E-state index contributed by atoms with van der Waals surface area (Å²) < 4.78 is 0.840. The second kappa shape index (κ2) is 7.34. The lowest BCUT2D eigenvalue weighted by atomic mass is 10.0. The fourth-order valence-corrected chi connectivity index (χ4v) is 3.80. The molecule has 2 bridgehead atoms. The van der Waals surface area contributed by atoms with Crippen molar-refractivity contribution in [3.05, 3.63) is 39.8 Å². The number of hydrazine groups is 1. The van der Waals surface area contributed by atoms with E-state index < -0.39 is 0 Å². The van der Waals surface area contributed by atoms with Gasteiger partial charge >= 0.3 is 0 Å². The zero-order valence-corrected chi connectivity index (χ0v) is 16.1. The lowest BCUT2D eigenvalue weighted by Gasteiger charge is -2.22. The molecule has 23 heavy (non-hydrogen) atoms. The van der Waals surface area contributed by atoms with E-state index in [-0.39, 0.29) is 0 Å². The Balaban J connectivity index is 1.42. The molecule has 1 aromatic carbocycles. The van der Waals surface area contributed by atoms with Crippen LogP contribution in [-0.4, -0.2) is 16.3 Å². The maximum Gasteiger partial charge on any atom is 0.189 e. The predicted molar refractivity (Wildman–Crippen MR) is 107 cm³/mol. The molecule has 0 spiro atoms. The van der Waals surface area contributed by atoms with Crippen LogP contribution in [0.15, 0.2) is 34.8 Å². The normalized spacial score (nSPS) is 24.3. The summed E-state index contributed by atoms with van der Waals surface area (Å²) in [4.78, 5) is 0. The minimum atomic E-state index is 0.415. The van der Waals surface area contributed by atoms with Gasteiger partial charge < -0.3 is 10.6 Å². The first kappa shape index (κ1) is 17.0. The molecule has 0 radical (unpaired) electrons. The average Bonchev–Trinajstić information content (AvgIpc) is 3.12. The zero-order valence-electron chi connectivity index (χ0n) is 12.1. The van der Waals surface area contributed by atoms with Gasteiger partial charge in [0.2, 0.25) is 0 Å². The molecule has 4 nitrogen and oxygen atoms in total. The Morgan fingerprint density at radius 1 is 1.13 bits per heavy atom. The van der Waals surface area contributed by atoms with Crippen molar-refractivity contribution in [2.45, 2.75) is 18.9 Å². The highest BCUT2D eigenvalue weighted by molar-refractivity contribution is 9.10. The number of nitrogens with one attached hydrogen (secondary N) is 4. The van der Waals surface area contributed by atoms with E-state index in [1.807, 2.05) is 12.1 Å². The summed E-state index contributed by atoms with van der Waals surface area (Å²) in [6.07, 6.45) is 6.96. The van der Waals surface area contributed by atoms with E-state index in [1.165, 1.54) is 6.42 Å². The molecule has 0 saturated heterocycles. The highest BCUT2D eigenvalue weighted by Gasteiger charge is 2.35. The quantitative estimate of drug-likeness (QED) is 0.325. The summed E-state index contributed by atoms with van der Waals surface area (Å²) in [5, 5.41) is 7.96. The van der Waals surface area contributed by atoms with Crippen LogP contribution in [0.2, 0.25) is 5.02 Å². The van der Waals surface area contributed by atoms with Gasteiger partial charge in [0.15, 0.2) is 10.2 Å². The van der Waals surface area contributed by atoms with Crippen molar-refractivity contribution in [3.63, 3.8) is 0 Å². The molecule has 122 valence electrons. The van der Waals surface area contributed by atoms with Gasteiger partial charge in [-0.3, -0.25) is 10.9 Å². The van der Waals surface area contributed by atoms with Crippen molar-refractivity contribution >= 4 is 67.9 Å². The second-order valence-corrected chi connectivity index (χ2v) is 7.77. The Kier molecular flexibility index (Phi) is 5.41. The maximum atomic E-state index is 6.05. The first-order chi connectivity index (χ1) is 11.0. The number of rotatable bonds is 2. The van der Waals surface area contributed by atoms with Gasteiger partial charge in [0.05, 0.1) is 5.02 Å². The molecule has 0 aromatic heterocycles. The van der Waals surface area contributed by atoms with E-state index in [0.717, 1.165) is 16.6 Å². The molecule has 0 heterocycles. The number of allylic oxidation sites excluding steroid dienone is 1. The van der Waals surface area contributed by atoms with Crippen molar-refractivity contribution in [2.75, 3.05) is 5.32 Å². The smallest absolute Gasteiger partial charge is 0.189 e. The third-order valence-electron chi connectivity index (χ3n) is 4.06. The van der Waals surface area contributed by atoms with Crippen molar-refractivity contribution in [1.82, 2.24) is 16.2 Å². The van der Waals surface area contributed by atoms with Crippen LogP contribution < -0.4 is 21.5 Å². The summed E-state index contributed by atoms with van der Waals surface area (Å²) >= 11 is 19.9. The molecule has 0 aliphatic heterocycles. The summed E-state index contributed by atoms with van der Waals surface area (Å²) in [7, 11) is 0. The molecule has 0 amide bonds. The lowest BCUT2D eigenvalue weighted by molar-refractivity contribution is 0.518. The number of anilines is 1. The number of hydrogen-bond donors (Lipinski definition) is 4.